The van der Waals surface area contributed by atoms with Gasteiger partial charge in [0.1, 0.15) is 5.82 Å². The molecule has 0 saturated heterocycles. The molecule has 0 fully saturated rings. The zero-order chi connectivity index (χ0) is 21.0. The van der Waals surface area contributed by atoms with Crippen molar-refractivity contribution < 1.29 is 18.7 Å². The summed E-state index contributed by atoms with van der Waals surface area (Å²) in [5.74, 6) is -0.724. The Labute approximate surface area is 175 Å². The number of aromatic nitrogens is 3. The van der Waals surface area contributed by atoms with E-state index in [1.165, 1.54) is 42.3 Å². The quantitative estimate of drug-likeness (QED) is 0.314. The fraction of sp³-hybridized carbons (Fsp3) is 0.263. The Morgan fingerprint density at radius 1 is 1.24 bits per heavy atom. The van der Waals surface area contributed by atoms with Crippen LogP contribution >= 0.6 is 23.1 Å². The first-order chi connectivity index (χ1) is 13.9. The van der Waals surface area contributed by atoms with Gasteiger partial charge in [0.05, 0.1) is 24.1 Å². The van der Waals surface area contributed by atoms with Crippen LogP contribution in [0.3, 0.4) is 0 Å². The van der Waals surface area contributed by atoms with Crippen molar-refractivity contribution in [2.75, 3.05) is 18.2 Å². The molecule has 10 heteroatoms. The fourth-order valence-corrected chi connectivity index (χ4v) is 4.38. The lowest BCUT2D eigenvalue weighted by Crippen LogP contribution is -2.07. The largest absolute Gasteiger partial charge is 0.465 e. The number of nitrogens with zero attached hydrogens (tertiary/aromatic N) is 2. The second-order valence-corrected chi connectivity index (χ2v) is 8.38. The highest BCUT2D eigenvalue weighted by Crippen LogP contribution is 2.27. The highest BCUT2D eigenvalue weighted by Gasteiger charge is 2.22. The number of thioether (sulfide) groups is 1. The summed E-state index contributed by atoms with van der Waals surface area (Å²) in [5, 5.41) is 11.9. The highest BCUT2D eigenvalue weighted by molar-refractivity contribution is 8.01. The SMILES string of the molecule is COC(=O)c1c(C)[nH]c(C(=O)CSc2nnc(NCc3ccc(F)cc3)s2)c1C. The van der Waals surface area contributed by atoms with Gasteiger partial charge in [-0.3, -0.25) is 4.79 Å². The lowest BCUT2D eigenvalue weighted by molar-refractivity contribution is 0.0599. The number of ketones is 1. The molecule has 0 unspecified atom stereocenters. The molecule has 2 heterocycles. The second-order valence-electron chi connectivity index (χ2n) is 6.18. The van der Waals surface area contributed by atoms with E-state index in [1.807, 2.05) is 0 Å². The van der Waals surface area contributed by atoms with Crippen molar-refractivity contribution in [1.82, 2.24) is 15.2 Å². The number of hydrogen-bond acceptors (Lipinski definition) is 8. The number of benzene rings is 1. The minimum Gasteiger partial charge on any atom is -0.465 e. The van der Waals surface area contributed by atoms with Crippen LogP contribution in [0.5, 0.6) is 0 Å². The summed E-state index contributed by atoms with van der Waals surface area (Å²) < 4.78 is 18.3. The molecule has 2 N–H and O–H groups in total. The summed E-state index contributed by atoms with van der Waals surface area (Å²) in [4.78, 5) is 27.4. The number of esters is 1. The molecule has 0 bridgehead atoms. The van der Waals surface area contributed by atoms with Crippen LogP contribution in [0.1, 0.15) is 37.7 Å². The predicted molar refractivity (Wildman–Crippen MR) is 110 cm³/mol. The van der Waals surface area contributed by atoms with E-state index in [4.69, 9.17) is 4.74 Å². The van der Waals surface area contributed by atoms with Gasteiger partial charge in [-0.05, 0) is 37.1 Å². The van der Waals surface area contributed by atoms with E-state index in [0.717, 1.165) is 5.56 Å². The summed E-state index contributed by atoms with van der Waals surface area (Å²) in [6, 6.07) is 6.20. The molecular formula is C19H19FN4O3S2. The van der Waals surface area contributed by atoms with Crippen LogP contribution in [0.2, 0.25) is 0 Å². The maximum atomic E-state index is 12.9. The number of ether oxygens (including phenoxy) is 1. The van der Waals surface area contributed by atoms with Gasteiger partial charge in [0.2, 0.25) is 5.13 Å². The van der Waals surface area contributed by atoms with Gasteiger partial charge in [-0.2, -0.15) is 0 Å². The number of aryl methyl sites for hydroxylation is 1. The molecule has 0 aliphatic rings. The number of Topliss-reactive ketones (excluding diaryl/α,β-unsaturated/α-hetero) is 1. The first kappa shape index (κ1) is 21.0. The minimum atomic E-state index is -0.469. The van der Waals surface area contributed by atoms with Crippen LogP contribution in [0.4, 0.5) is 9.52 Å². The monoisotopic (exact) mass is 434 g/mol. The molecule has 0 saturated carbocycles. The van der Waals surface area contributed by atoms with Gasteiger partial charge in [-0.15, -0.1) is 10.2 Å². The Balaban J connectivity index is 1.57. The van der Waals surface area contributed by atoms with Gasteiger partial charge in [0.25, 0.3) is 0 Å². The molecule has 152 valence electrons. The standard InChI is InChI=1S/C19H19FN4O3S2/c1-10-15(17(26)27-3)11(2)22-16(10)14(25)9-28-19-24-23-18(29-19)21-8-12-4-6-13(20)7-5-12/h4-7,22H,8-9H2,1-3H3,(H,21,23). The van der Waals surface area contributed by atoms with Crippen molar-refractivity contribution in [3.63, 3.8) is 0 Å². The number of H-pyrrole nitrogens is 1. The maximum absolute atomic E-state index is 12.9. The van der Waals surface area contributed by atoms with E-state index in [2.05, 4.69) is 20.5 Å². The zero-order valence-corrected chi connectivity index (χ0v) is 17.7. The molecule has 2 aromatic heterocycles. The molecule has 0 atom stereocenters. The number of aromatic amines is 1. The number of rotatable bonds is 8. The summed E-state index contributed by atoms with van der Waals surface area (Å²) in [7, 11) is 1.31. The molecular weight excluding hydrogens is 415 g/mol. The first-order valence-electron chi connectivity index (χ1n) is 8.64. The van der Waals surface area contributed by atoms with Crippen LogP contribution in [0.15, 0.2) is 28.6 Å². The first-order valence-corrected chi connectivity index (χ1v) is 10.4. The zero-order valence-electron chi connectivity index (χ0n) is 16.0. The average molecular weight is 435 g/mol. The Morgan fingerprint density at radius 2 is 1.97 bits per heavy atom. The number of halogens is 1. The van der Waals surface area contributed by atoms with Crippen molar-refractivity contribution in [2.24, 2.45) is 0 Å². The number of methoxy groups -OCH3 is 1. The maximum Gasteiger partial charge on any atom is 0.339 e. The molecule has 0 radical (unpaired) electrons. The number of anilines is 1. The van der Waals surface area contributed by atoms with E-state index in [1.54, 1.807) is 26.0 Å². The highest BCUT2D eigenvalue weighted by atomic mass is 32.2. The number of carbonyl (C=O) groups excluding carboxylic acids is 2. The molecule has 3 rings (SSSR count). The van der Waals surface area contributed by atoms with E-state index in [9.17, 15) is 14.0 Å². The van der Waals surface area contributed by atoms with Crippen LogP contribution in [-0.2, 0) is 11.3 Å². The van der Waals surface area contributed by atoms with E-state index in [-0.39, 0.29) is 17.4 Å². The third-order valence-electron chi connectivity index (χ3n) is 4.20. The minimum absolute atomic E-state index is 0.137. The lowest BCUT2D eigenvalue weighted by Gasteiger charge is -2.01. The number of hydrogen-bond donors (Lipinski definition) is 2. The topological polar surface area (TPSA) is 97.0 Å². The molecule has 0 aliphatic heterocycles. The average Bonchev–Trinajstić information content (AvgIpc) is 3.29. The summed E-state index contributed by atoms with van der Waals surface area (Å²) in [5.41, 5.74) is 2.90. The van der Waals surface area contributed by atoms with Gasteiger partial charge in [-0.1, -0.05) is 35.2 Å². The molecule has 7 nitrogen and oxygen atoms in total. The Morgan fingerprint density at radius 3 is 2.66 bits per heavy atom. The van der Waals surface area contributed by atoms with Crippen molar-refractivity contribution >= 4 is 40.0 Å². The predicted octanol–water partition coefficient (Wildman–Crippen LogP) is 4.00. The third kappa shape index (κ3) is 5.01. The molecule has 1 aromatic carbocycles. The normalized spacial score (nSPS) is 10.8. The van der Waals surface area contributed by atoms with Gasteiger partial charge < -0.3 is 15.0 Å². The van der Waals surface area contributed by atoms with Crippen molar-refractivity contribution in [3.05, 3.63) is 58.2 Å². The van der Waals surface area contributed by atoms with Gasteiger partial charge in [0.15, 0.2) is 10.1 Å². The van der Waals surface area contributed by atoms with Crippen molar-refractivity contribution in [3.8, 4) is 0 Å². The summed E-state index contributed by atoms with van der Waals surface area (Å²) in [6.45, 7) is 3.94. The smallest absolute Gasteiger partial charge is 0.339 e. The van der Waals surface area contributed by atoms with Crippen molar-refractivity contribution in [1.29, 1.82) is 0 Å². The number of carbonyl (C=O) groups is 2. The van der Waals surface area contributed by atoms with Crippen molar-refractivity contribution in [2.45, 2.75) is 24.7 Å². The Bertz CT molecular complexity index is 1030. The van der Waals surface area contributed by atoms with Gasteiger partial charge in [0, 0.05) is 12.2 Å². The van der Waals surface area contributed by atoms with Gasteiger partial charge in [-0.25, -0.2) is 9.18 Å². The summed E-state index contributed by atoms with van der Waals surface area (Å²) in [6.07, 6.45) is 0. The van der Waals surface area contributed by atoms with E-state index < -0.39 is 5.97 Å². The van der Waals surface area contributed by atoms with E-state index in [0.29, 0.717) is 38.5 Å². The van der Waals surface area contributed by atoms with Crippen LogP contribution in [-0.4, -0.2) is 39.8 Å². The molecule has 0 spiro atoms. The number of nitrogens with one attached hydrogen (secondary N) is 2. The van der Waals surface area contributed by atoms with Crippen LogP contribution < -0.4 is 5.32 Å². The third-order valence-corrected chi connectivity index (χ3v) is 6.21. The molecule has 29 heavy (non-hydrogen) atoms. The molecule has 0 aliphatic carbocycles. The summed E-state index contributed by atoms with van der Waals surface area (Å²) >= 11 is 2.61. The van der Waals surface area contributed by atoms with Crippen LogP contribution in [0.25, 0.3) is 0 Å². The van der Waals surface area contributed by atoms with E-state index >= 15 is 0 Å². The molecule has 0 amide bonds. The Kier molecular flexibility index (Phi) is 6.65. The second kappa shape index (κ2) is 9.19. The molecule has 3 aromatic rings. The fourth-order valence-electron chi connectivity index (χ4n) is 2.76. The van der Waals surface area contributed by atoms with Gasteiger partial charge >= 0.3 is 5.97 Å². The Hall–Kier alpha value is -2.72. The van der Waals surface area contributed by atoms with Crippen LogP contribution in [0, 0.1) is 19.7 Å². The lowest BCUT2D eigenvalue weighted by atomic mass is 10.1.